The molecule has 1 atom stereocenters. The van der Waals surface area contributed by atoms with Crippen LogP contribution in [0.4, 0.5) is 0 Å². The Morgan fingerprint density at radius 1 is 1.65 bits per heavy atom. The van der Waals surface area contributed by atoms with Gasteiger partial charge in [-0.1, -0.05) is 0 Å². The summed E-state index contributed by atoms with van der Waals surface area (Å²) in [5, 5.41) is 19.2. The van der Waals surface area contributed by atoms with Crippen LogP contribution in [0.1, 0.15) is 25.3 Å². The molecule has 1 aliphatic carbocycles. The maximum atomic E-state index is 11.8. The number of aromatic nitrogens is 2. The van der Waals surface area contributed by atoms with Crippen LogP contribution in [0.15, 0.2) is 12.4 Å². The fourth-order valence-electron chi connectivity index (χ4n) is 2.20. The van der Waals surface area contributed by atoms with Crippen LogP contribution < -0.4 is 10.6 Å². The Balaban J connectivity index is 1.66. The fourth-order valence-corrected chi connectivity index (χ4v) is 2.20. The van der Waals surface area contributed by atoms with Crippen molar-refractivity contribution in [2.75, 3.05) is 13.1 Å². The van der Waals surface area contributed by atoms with Crippen molar-refractivity contribution in [3.8, 4) is 6.07 Å². The third-order valence-corrected chi connectivity index (χ3v) is 3.59. The van der Waals surface area contributed by atoms with Crippen molar-refractivity contribution in [3.05, 3.63) is 18.0 Å². The molecule has 0 aromatic carbocycles. The number of hydrogen-bond donors (Lipinski definition) is 2. The lowest BCUT2D eigenvalue weighted by Crippen LogP contribution is -2.49. The number of aryl methyl sites for hydroxylation is 1. The van der Waals surface area contributed by atoms with Gasteiger partial charge in [-0.15, -0.1) is 0 Å². The predicted molar refractivity (Wildman–Crippen MR) is 74.7 cm³/mol. The molecule has 108 valence electrons. The van der Waals surface area contributed by atoms with E-state index in [0.717, 1.165) is 24.9 Å². The smallest absolute Gasteiger partial charge is 0.235 e. The van der Waals surface area contributed by atoms with E-state index in [0.29, 0.717) is 12.5 Å². The zero-order chi connectivity index (χ0) is 14.6. The number of hydrogen-bond acceptors (Lipinski definition) is 4. The highest BCUT2D eigenvalue weighted by atomic mass is 16.2. The first-order valence-electron chi connectivity index (χ1n) is 6.95. The molecule has 20 heavy (non-hydrogen) atoms. The molecule has 0 bridgehead atoms. The molecular weight excluding hydrogens is 254 g/mol. The van der Waals surface area contributed by atoms with Crippen molar-refractivity contribution in [3.63, 3.8) is 0 Å². The molecule has 1 aromatic heterocycles. The molecule has 6 heteroatoms. The van der Waals surface area contributed by atoms with Gasteiger partial charge < -0.3 is 10.6 Å². The van der Waals surface area contributed by atoms with E-state index in [1.165, 1.54) is 0 Å². The molecule has 0 unspecified atom stereocenters. The second-order valence-corrected chi connectivity index (χ2v) is 5.59. The summed E-state index contributed by atoms with van der Waals surface area (Å²) in [7, 11) is 0. The van der Waals surface area contributed by atoms with Crippen molar-refractivity contribution < 1.29 is 4.79 Å². The van der Waals surface area contributed by atoms with Crippen LogP contribution in [0, 0.1) is 24.2 Å². The van der Waals surface area contributed by atoms with E-state index in [9.17, 15) is 10.1 Å². The van der Waals surface area contributed by atoms with E-state index in [-0.39, 0.29) is 12.5 Å². The first-order valence-corrected chi connectivity index (χ1v) is 6.95. The number of nitrogens with zero attached hydrogens (tertiary/aromatic N) is 3. The number of rotatable bonds is 7. The Kier molecular flexibility index (Phi) is 4.40. The van der Waals surface area contributed by atoms with Crippen LogP contribution in [-0.2, 0) is 11.3 Å². The van der Waals surface area contributed by atoms with Gasteiger partial charge >= 0.3 is 0 Å². The van der Waals surface area contributed by atoms with Crippen LogP contribution in [-0.4, -0.2) is 34.3 Å². The molecule has 2 N–H and O–H groups in total. The minimum atomic E-state index is -0.710. The third kappa shape index (κ3) is 3.81. The van der Waals surface area contributed by atoms with E-state index in [1.807, 2.05) is 17.8 Å². The zero-order valence-electron chi connectivity index (χ0n) is 12.0. The molecule has 2 rings (SSSR count). The molecule has 1 heterocycles. The second kappa shape index (κ2) is 6.06. The Hall–Kier alpha value is -1.87. The van der Waals surface area contributed by atoms with Gasteiger partial charge in [-0.2, -0.15) is 10.4 Å². The Morgan fingerprint density at radius 3 is 2.95 bits per heavy atom. The largest absolute Gasteiger partial charge is 0.337 e. The van der Waals surface area contributed by atoms with Crippen LogP contribution >= 0.6 is 0 Å². The normalized spacial score (nSPS) is 17.2. The number of carbonyl (C=O) groups is 1. The number of nitrogens with one attached hydrogen (secondary N) is 2. The Labute approximate surface area is 119 Å². The SMILES string of the molecule is Cc1cnn(CCNCC(=O)N[C@](C)(C#N)C2CC2)c1. The van der Waals surface area contributed by atoms with E-state index < -0.39 is 5.54 Å². The summed E-state index contributed by atoms with van der Waals surface area (Å²) < 4.78 is 1.84. The highest BCUT2D eigenvalue weighted by Crippen LogP contribution is 2.39. The summed E-state index contributed by atoms with van der Waals surface area (Å²) in [5.74, 6) is 0.182. The van der Waals surface area contributed by atoms with Gasteiger partial charge in [-0.3, -0.25) is 9.48 Å². The van der Waals surface area contributed by atoms with Gasteiger partial charge in [0.2, 0.25) is 5.91 Å². The molecule has 1 aliphatic rings. The Bertz CT molecular complexity index is 514. The standard InChI is InChI=1S/C14H21N5O/c1-11-7-17-19(9-11)6-5-16-8-13(20)18-14(2,10-15)12-3-4-12/h7,9,12,16H,3-6,8H2,1-2H3,(H,18,20)/t14-/m1/s1. The molecule has 1 fully saturated rings. The highest BCUT2D eigenvalue weighted by molar-refractivity contribution is 5.79. The molecule has 0 aliphatic heterocycles. The van der Waals surface area contributed by atoms with Crippen LogP contribution in [0.2, 0.25) is 0 Å². The second-order valence-electron chi connectivity index (χ2n) is 5.59. The molecular formula is C14H21N5O. The number of carbonyl (C=O) groups excluding carboxylic acids is 1. The molecule has 0 radical (unpaired) electrons. The zero-order valence-corrected chi connectivity index (χ0v) is 12.0. The number of amides is 1. The Morgan fingerprint density at radius 2 is 2.40 bits per heavy atom. The maximum Gasteiger partial charge on any atom is 0.235 e. The predicted octanol–water partition coefficient (Wildman–Crippen LogP) is 0.590. The van der Waals surface area contributed by atoms with E-state index in [4.69, 9.17) is 0 Å². The van der Waals surface area contributed by atoms with E-state index in [2.05, 4.69) is 21.8 Å². The van der Waals surface area contributed by atoms with Gasteiger partial charge in [0, 0.05) is 12.7 Å². The summed E-state index contributed by atoms with van der Waals surface area (Å²) >= 11 is 0. The van der Waals surface area contributed by atoms with Gasteiger partial charge in [0.15, 0.2) is 0 Å². The van der Waals surface area contributed by atoms with Crippen LogP contribution in [0.25, 0.3) is 0 Å². The summed E-state index contributed by atoms with van der Waals surface area (Å²) in [6.45, 7) is 5.41. The maximum absolute atomic E-state index is 11.8. The molecule has 0 spiro atoms. The van der Waals surface area contributed by atoms with Crippen LogP contribution in [0.3, 0.4) is 0 Å². The van der Waals surface area contributed by atoms with Crippen molar-refractivity contribution in [1.29, 1.82) is 5.26 Å². The minimum absolute atomic E-state index is 0.127. The summed E-state index contributed by atoms with van der Waals surface area (Å²) in [5.41, 5.74) is 0.412. The minimum Gasteiger partial charge on any atom is -0.337 e. The lowest BCUT2D eigenvalue weighted by Gasteiger charge is -2.22. The lowest BCUT2D eigenvalue weighted by molar-refractivity contribution is -0.121. The quantitative estimate of drug-likeness (QED) is 0.713. The topological polar surface area (TPSA) is 82.7 Å². The molecule has 6 nitrogen and oxygen atoms in total. The van der Waals surface area contributed by atoms with Crippen molar-refractivity contribution in [2.45, 2.75) is 38.8 Å². The number of nitriles is 1. The van der Waals surface area contributed by atoms with E-state index in [1.54, 1.807) is 13.1 Å². The summed E-state index contributed by atoms with van der Waals surface area (Å²) in [6.07, 6.45) is 5.81. The van der Waals surface area contributed by atoms with Gasteiger partial charge in [0.05, 0.1) is 25.4 Å². The monoisotopic (exact) mass is 275 g/mol. The van der Waals surface area contributed by atoms with Crippen molar-refractivity contribution in [1.82, 2.24) is 20.4 Å². The summed E-state index contributed by atoms with van der Waals surface area (Å²) in [6, 6.07) is 2.22. The fraction of sp³-hybridized carbons (Fsp3) is 0.643. The van der Waals surface area contributed by atoms with Crippen molar-refractivity contribution >= 4 is 5.91 Å². The van der Waals surface area contributed by atoms with Gasteiger partial charge in [-0.05, 0) is 38.2 Å². The first-order chi connectivity index (χ1) is 9.53. The van der Waals surface area contributed by atoms with Gasteiger partial charge in [0.1, 0.15) is 5.54 Å². The highest BCUT2D eigenvalue weighted by Gasteiger charge is 2.42. The van der Waals surface area contributed by atoms with Crippen molar-refractivity contribution in [2.24, 2.45) is 5.92 Å². The lowest BCUT2D eigenvalue weighted by atomic mass is 9.98. The van der Waals surface area contributed by atoms with Gasteiger partial charge in [0.25, 0.3) is 0 Å². The van der Waals surface area contributed by atoms with E-state index >= 15 is 0 Å². The summed E-state index contributed by atoms with van der Waals surface area (Å²) in [4.78, 5) is 11.8. The third-order valence-electron chi connectivity index (χ3n) is 3.59. The first kappa shape index (κ1) is 14.5. The molecule has 1 amide bonds. The average Bonchev–Trinajstić information content (AvgIpc) is 3.19. The molecule has 1 aromatic rings. The van der Waals surface area contributed by atoms with Crippen LogP contribution in [0.5, 0.6) is 0 Å². The molecule has 1 saturated carbocycles. The van der Waals surface area contributed by atoms with Gasteiger partial charge in [-0.25, -0.2) is 0 Å². The average molecular weight is 275 g/mol. The molecule has 0 saturated heterocycles.